The molecule has 0 atom stereocenters. The number of amides is 1. The summed E-state index contributed by atoms with van der Waals surface area (Å²) in [5, 5.41) is 2.22. The van der Waals surface area contributed by atoms with Crippen molar-refractivity contribution >= 4 is 39.2 Å². The third-order valence-corrected chi connectivity index (χ3v) is 6.53. The van der Waals surface area contributed by atoms with E-state index >= 15 is 0 Å². The van der Waals surface area contributed by atoms with Crippen LogP contribution in [0.1, 0.15) is 43.4 Å². The SMILES string of the molecule is C#CCCCN(C(=O)C1=C2C(=C(c3ccccc3)C1=O)c1cccc3cccc2c13)C(C)C. The van der Waals surface area contributed by atoms with E-state index in [-0.39, 0.29) is 23.3 Å². The minimum atomic E-state index is -0.213. The summed E-state index contributed by atoms with van der Waals surface area (Å²) in [7, 11) is 0. The summed E-state index contributed by atoms with van der Waals surface area (Å²) >= 11 is 0. The zero-order valence-electron chi connectivity index (χ0n) is 18.9. The summed E-state index contributed by atoms with van der Waals surface area (Å²) in [5.41, 5.74) is 5.38. The fourth-order valence-electron chi connectivity index (χ4n) is 5.07. The predicted octanol–water partition coefficient (Wildman–Crippen LogP) is 5.75. The molecule has 2 aliphatic rings. The lowest BCUT2D eigenvalue weighted by Gasteiger charge is -2.27. The van der Waals surface area contributed by atoms with Crippen LogP contribution in [-0.2, 0) is 9.59 Å². The van der Waals surface area contributed by atoms with Crippen LogP contribution in [0.4, 0.5) is 0 Å². The number of unbranched alkanes of at least 4 members (excludes halogenated alkanes) is 1. The van der Waals surface area contributed by atoms with Crippen molar-refractivity contribution in [3.8, 4) is 12.3 Å². The lowest BCUT2D eigenvalue weighted by Crippen LogP contribution is -2.40. The highest BCUT2D eigenvalue weighted by molar-refractivity contribution is 6.56. The van der Waals surface area contributed by atoms with Crippen LogP contribution >= 0.6 is 0 Å². The van der Waals surface area contributed by atoms with Crippen molar-refractivity contribution in [1.82, 2.24) is 4.90 Å². The van der Waals surface area contributed by atoms with E-state index in [2.05, 4.69) is 24.1 Å². The predicted molar refractivity (Wildman–Crippen MR) is 134 cm³/mol. The minimum absolute atomic E-state index is 0.0417. The molecule has 0 saturated carbocycles. The molecule has 0 aliphatic heterocycles. The van der Waals surface area contributed by atoms with Gasteiger partial charge in [-0.2, -0.15) is 0 Å². The van der Waals surface area contributed by atoms with Crippen LogP contribution in [0.15, 0.2) is 72.3 Å². The van der Waals surface area contributed by atoms with Crippen molar-refractivity contribution in [1.29, 1.82) is 0 Å². The maximum absolute atomic E-state index is 14.0. The molecule has 0 radical (unpaired) electrons. The highest BCUT2D eigenvalue weighted by Crippen LogP contribution is 2.54. The molecule has 33 heavy (non-hydrogen) atoms. The number of carbonyl (C=O) groups is 2. The van der Waals surface area contributed by atoms with Gasteiger partial charge in [0.2, 0.25) is 0 Å². The first-order valence-electron chi connectivity index (χ1n) is 11.4. The number of benzene rings is 3. The molecule has 3 aromatic carbocycles. The molecule has 0 unspecified atom stereocenters. The van der Waals surface area contributed by atoms with Crippen molar-refractivity contribution in [2.45, 2.75) is 32.7 Å². The van der Waals surface area contributed by atoms with E-state index in [1.807, 2.05) is 62.4 Å². The summed E-state index contributed by atoms with van der Waals surface area (Å²) in [6.07, 6.45) is 6.74. The van der Waals surface area contributed by atoms with E-state index < -0.39 is 0 Å². The van der Waals surface area contributed by atoms with Crippen molar-refractivity contribution in [2.24, 2.45) is 0 Å². The summed E-state index contributed by atoms with van der Waals surface area (Å²) < 4.78 is 0. The van der Waals surface area contributed by atoms with Gasteiger partial charge in [-0.25, -0.2) is 0 Å². The van der Waals surface area contributed by atoms with Gasteiger partial charge in [0.15, 0.2) is 5.78 Å². The molecule has 3 nitrogen and oxygen atoms in total. The van der Waals surface area contributed by atoms with Crippen LogP contribution in [0.2, 0.25) is 0 Å². The van der Waals surface area contributed by atoms with Crippen LogP contribution in [0.3, 0.4) is 0 Å². The molecule has 0 heterocycles. The summed E-state index contributed by atoms with van der Waals surface area (Å²) in [6.45, 7) is 4.49. The van der Waals surface area contributed by atoms with E-state index in [4.69, 9.17) is 6.42 Å². The van der Waals surface area contributed by atoms with Gasteiger partial charge in [-0.3, -0.25) is 9.59 Å². The Morgan fingerprint density at radius 2 is 1.58 bits per heavy atom. The highest BCUT2D eigenvalue weighted by atomic mass is 16.2. The molecule has 5 rings (SSSR count). The molecule has 0 saturated heterocycles. The topological polar surface area (TPSA) is 37.4 Å². The first kappa shape index (κ1) is 21.0. The number of fused-ring (bicyclic) bond motifs is 3. The molecular formula is C30H25NO2. The lowest BCUT2D eigenvalue weighted by molar-refractivity contribution is -0.130. The van der Waals surface area contributed by atoms with E-state index in [1.165, 1.54) is 0 Å². The van der Waals surface area contributed by atoms with Gasteiger partial charge in [0.1, 0.15) is 0 Å². The summed E-state index contributed by atoms with van der Waals surface area (Å²) in [4.78, 5) is 29.7. The van der Waals surface area contributed by atoms with Crippen LogP contribution in [0.25, 0.3) is 27.5 Å². The number of allylic oxidation sites excluding steroid dienone is 3. The number of ketones is 1. The number of rotatable bonds is 6. The molecular weight excluding hydrogens is 406 g/mol. The van der Waals surface area contributed by atoms with Crippen molar-refractivity contribution in [3.05, 3.63) is 89.0 Å². The average Bonchev–Trinajstić information content (AvgIpc) is 3.30. The van der Waals surface area contributed by atoms with Crippen LogP contribution in [-0.4, -0.2) is 29.2 Å². The summed E-state index contributed by atoms with van der Waals surface area (Å²) in [5.74, 6) is 2.24. The molecule has 0 spiro atoms. The monoisotopic (exact) mass is 431 g/mol. The quantitative estimate of drug-likeness (QED) is 0.283. The molecule has 162 valence electrons. The van der Waals surface area contributed by atoms with E-state index in [0.717, 1.165) is 38.6 Å². The zero-order valence-corrected chi connectivity index (χ0v) is 18.9. The van der Waals surface area contributed by atoms with Gasteiger partial charge in [0.05, 0.1) is 5.57 Å². The van der Waals surface area contributed by atoms with Gasteiger partial charge in [-0.15, -0.1) is 12.3 Å². The molecule has 0 fully saturated rings. The third kappa shape index (κ3) is 3.22. The maximum Gasteiger partial charge on any atom is 0.258 e. The Bertz CT molecular complexity index is 1390. The van der Waals surface area contributed by atoms with Crippen molar-refractivity contribution in [3.63, 3.8) is 0 Å². The lowest BCUT2D eigenvalue weighted by atomic mass is 9.95. The molecule has 3 heteroatoms. The van der Waals surface area contributed by atoms with Gasteiger partial charge in [0.25, 0.3) is 5.91 Å². The van der Waals surface area contributed by atoms with Crippen molar-refractivity contribution < 1.29 is 9.59 Å². The first-order valence-corrected chi connectivity index (χ1v) is 11.4. The molecule has 1 amide bonds. The van der Waals surface area contributed by atoms with Gasteiger partial charge in [-0.05, 0) is 47.7 Å². The second-order valence-electron chi connectivity index (χ2n) is 8.80. The van der Waals surface area contributed by atoms with E-state index in [9.17, 15) is 9.59 Å². The molecule has 3 aromatic rings. The summed E-state index contributed by atoms with van der Waals surface area (Å²) in [6, 6.07) is 21.9. The normalized spacial score (nSPS) is 14.3. The number of terminal acetylenes is 1. The Balaban J connectivity index is 1.74. The van der Waals surface area contributed by atoms with Gasteiger partial charge < -0.3 is 4.90 Å². The van der Waals surface area contributed by atoms with Crippen molar-refractivity contribution in [2.75, 3.05) is 6.54 Å². The number of hydrogen-bond acceptors (Lipinski definition) is 2. The maximum atomic E-state index is 14.0. The fraction of sp³-hybridized carbons (Fsp3) is 0.200. The molecule has 2 aliphatic carbocycles. The molecule has 0 aromatic heterocycles. The Kier molecular flexibility index (Phi) is 5.23. The Hall–Kier alpha value is -3.90. The van der Waals surface area contributed by atoms with Crippen LogP contribution < -0.4 is 0 Å². The fourth-order valence-corrected chi connectivity index (χ4v) is 5.07. The zero-order chi connectivity index (χ0) is 23.1. The van der Waals surface area contributed by atoms with Crippen LogP contribution in [0, 0.1) is 12.3 Å². The second kappa shape index (κ2) is 8.22. The largest absolute Gasteiger partial charge is 0.336 e. The van der Waals surface area contributed by atoms with E-state index in [0.29, 0.717) is 25.0 Å². The second-order valence-corrected chi connectivity index (χ2v) is 8.80. The number of carbonyl (C=O) groups excluding carboxylic acids is 2. The molecule has 0 N–H and O–H groups in total. The smallest absolute Gasteiger partial charge is 0.258 e. The van der Waals surface area contributed by atoms with Crippen LogP contribution in [0.5, 0.6) is 0 Å². The van der Waals surface area contributed by atoms with Gasteiger partial charge in [0, 0.05) is 35.7 Å². The standard InChI is InChI=1S/C30H25NO2/c1-4-5-9-18-31(19(2)3)30(33)28-27-23-17-11-15-20-14-10-16-22(24(20)23)26(27)25(29(28)32)21-12-7-6-8-13-21/h1,6-8,10-17,19H,5,9,18H2,2-3H3. The number of nitrogens with zero attached hydrogens (tertiary/aromatic N) is 1. The molecule has 0 bridgehead atoms. The Morgan fingerprint density at radius 1 is 0.909 bits per heavy atom. The van der Waals surface area contributed by atoms with Gasteiger partial charge >= 0.3 is 0 Å². The Labute approximate surface area is 194 Å². The Morgan fingerprint density at radius 3 is 2.21 bits per heavy atom. The number of Topliss-reactive ketones (excluding diaryl/α,β-unsaturated/α-hetero) is 1. The average molecular weight is 432 g/mol. The third-order valence-electron chi connectivity index (χ3n) is 6.53. The first-order chi connectivity index (χ1) is 16.0. The number of hydrogen-bond donors (Lipinski definition) is 0. The van der Waals surface area contributed by atoms with Gasteiger partial charge in [-0.1, -0.05) is 66.7 Å². The van der Waals surface area contributed by atoms with E-state index in [1.54, 1.807) is 4.90 Å². The highest BCUT2D eigenvalue weighted by Gasteiger charge is 2.43. The minimum Gasteiger partial charge on any atom is -0.336 e.